The Morgan fingerprint density at radius 2 is 1.62 bits per heavy atom. The Morgan fingerprint density at radius 1 is 0.900 bits per heavy atom. The van der Waals surface area contributed by atoms with Crippen LogP contribution < -0.4 is 10.2 Å². The summed E-state index contributed by atoms with van der Waals surface area (Å²) in [5, 5.41) is 17.6. The molecule has 40 heavy (non-hydrogen) atoms. The monoisotopic (exact) mass is 531 g/mol. The molecular weight excluding hydrogens is 498 g/mol. The average Bonchev–Trinajstić information content (AvgIpc) is 3.49. The van der Waals surface area contributed by atoms with Gasteiger partial charge in [-0.15, -0.1) is 5.10 Å². The Kier molecular flexibility index (Phi) is 8.25. The van der Waals surface area contributed by atoms with Crippen LogP contribution in [0.15, 0.2) is 91.0 Å². The molecule has 2 heterocycles. The average molecular weight is 532 g/mol. The quantitative estimate of drug-likeness (QED) is 0.227. The Hall–Kier alpha value is -4.85. The number of rotatable bonds is 10. The molecule has 0 fully saturated rings. The number of aromatic nitrogens is 5. The van der Waals surface area contributed by atoms with Crippen molar-refractivity contribution in [3.05, 3.63) is 108 Å². The smallest absolute Gasteiger partial charge is 0.228 e. The van der Waals surface area contributed by atoms with Gasteiger partial charge < -0.3 is 10.2 Å². The van der Waals surface area contributed by atoms with E-state index in [1.165, 1.54) is 5.56 Å². The van der Waals surface area contributed by atoms with Gasteiger partial charge in [-0.2, -0.15) is 0 Å². The molecule has 5 rings (SSSR count). The van der Waals surface area contributed by atoms with Crippen LogP contribution in [0, 0.1) is 12.8 Å². The number of benzene rings is 3. The number of anilines is 2. The minimum absolute atomic E-state index is 0.0851. The zero-order valence-corrected chi connectivity index (χ0v) is 23.0. The van der Waals surface area contributed by atoms with Crippen molar-refractivity contribution in [1.29, 1.82) is 0 Å². The van der Waals surface area contributed by atoms with Gasteiger partial charge in [0.15, 0.2) is 5.82 Å². The number of carbonyl (C=O) groups is 1. The summed E-state index contributed by atoms with van der Waals surface area (Å²) in [7, 11) is 0. The summed E-state index contributed by atoms with van der Waals surface area (Å²) >= 11 is 0. The molecule has 2 N–H and O–H groups in total. The minimum Gasteiger partial charge on any atom is -0.352 e. The molecule has 2 aromatic heterocycles. The highest BCUT2D eigenvalue weighted by atomic mass is 16.1. The Bertz CT molecular complexity index is 1550. The summed E-state index contributed by atoms with van der Waals surface area (Å²) in [5.74, 6) is 1.65. The van der Waals surface area contributed by atoms with Crippen molar-refractivity contribution in [2.45, 2.75) is 33.7 Å². The number of aromatic amines is 1. The van der Waals surface area contributed by atoms with Crippen molar-refractivity contribution in [2.24, 2.45) is 5.92 Å². The number of aryl methyl sites for hydroxylation is 1. The van der Waals surface area contributed by atoms with Gasteiger partial charge >= 0.3 is 0 Å². The number of amides is 1. The van der Waals surface area contributed by atoms with Crippen LogP contribution in [0.2, 0.25) is 0 Å². The van der Waals surface area contributed by atoms with Crippen LogP contribution in [0.25, 0.3) is 22.6 Å². The molecule has 1 amide bonds. The molecule has 0 saturated carbocycles. The van der Waals surface area contributed by atoms with Crippen LogP contribution in [0.1, 0.15) is 30.5 Å². The van der Waals surface area contributed by atoms with Gasteiger partial charge in [-0.3, -0.25) is 4.79 Å². The lowest BCUT2D eigenvalue weighted by molar-refractivity contribution is -0.115. The summed E-state index contributed by atoms with van der Waals surface area (Å²) in [6.45, 7) is 7.92. The van der Waals surface area contributed by atoms with Crippen molar-refractivity contribution in [3.63, 3.8) is 0 Å². The van der Waals surface area contributed by atoms with Crippen molar-refractivity contribution in [3.8, 4) is 22.6 Å². The van der Waals surface area contributed by atoms with Crippen molar-refractivity contribution < 1.29 is 4.79 Å². The Balaban J connectivity index is 1.55. The third kappa shape index (κ3) is 6.77. The van der Waals surface area contributed by atoms with E-state index < -0.39 is 0 Å². The van der Waals surface area contributed by atoms with Gasteiger partial charge in [-0.1, -0.05) is 98.3 Å². The van der Waals surface area contributed by atoms with E-state index in [2.05, 4.69) is 56.8 Å². The second kappa shape index (κ2) is 12.3. The molecule has 202 valence electrons. The molecule has 3 aromatic carbocycles. The molecule has 0 saturated heterocycles. The maximum absolute atomic E-state index is 13.1. The van der Waals surface area contributed by atoms with Crippen LogP contribution in [-0.2, 0) is 17.8 Å². The molecule has 8 heteroatoms. The first-order chi connectivity index (χ1) is 19.4. The highest BCUT2D eigenvalue weighted by Crippen LogP contribution is 2.33. The first kappa shape index (κ1) is 26.7. The molecule has 0 bridgehead atoms. The van der Waals surface area contributed by atoms with Gasteiger partial charge in [0, 0.05) is 36.0 Å². The number of nitrogens with zero attached hydrogens (tertiary/aromatic N) is 5. The van der Waals surface area contributed by atoms with Crippen LogP contribution in [0.5, 0.6) is 0 Å². The largest absolute Gasteiger partial charge is 0.352 e. The molecule has 0 radical (unpaired) electrons. The Morgan fingerprint density at radius 3 is 2.33 bits per heavy atom. The lowest BCUT2D eigenvalue weighted by Gasteiger charge is -2.27. The molecule has 5 aromatic rings. The third-order valence-corrected chi connectivity index (χ3v) is 6.51. The zero-order valence-electron chi connectivity index (χ0n) is 23.0. The summed E-state index contributed by atoms with van der Waals surface area (Å²) in [6, 6.07) is 30.1. The van der Waals surface area contributed by atoms with Gasteiger partial charge in [-0.25, -0.2) is 10.1 Å². The Labute approximate surface area is 234 Å². The fraction of sp³-hybridized carbons (Fsp3) is 0.219. The SMILES string of the molecule is Cc1ccc(CC(=O)Nc2cc(-c3ccccc3-c3nnn[nH]3)nc(N(Cc3ccccc3)CC(C)C)c2)cc1. The maximum atomic E-state index is 13.1. The first-order valence-electron chi connectivity index (χ1n) is 13.4. The zero-order chi connectivity index (χ0) is 27.9. The van der Waals surface area contributed by atoms with E-state index in [-0.39, 0.29) is 12.3 Å². The lowest BCUT2D eigenvalue weighted by atomic mass is 10.0. The predicted octanol–water partition coefficient (Wildman–Crippen LogP) is 6.08. The van der Waals surface area contributed by atoms with E-state index in [9.17, 15) is 4.79 Å². The van der Waals surface area contributed by atoms with E-state index in [1.807, 2.05) is 85.8 Å². The fourth-order valence-corrected chi connectivity index (χ4v) is 4.65. The molecule has 8 nitrogen and oxygen atoms in total. The summed E-state index contributed by atoms with van der Waals surface area (Å²) in [6.07, 6.45) is 0.285. The van der Waals surface area contributed by atoms with Gasteiger partial charge in [0.25, 0.3) is 0 Å². The molecular formula is C32H33N7O. The van der Waals surface area contributed by atoms with Gasteiger partial charge in [-0.05, 0) is 40.5 Å². The number of hydrogen-bond acceptors (Lipinski definition) is 6. The molecule has 0 aliphatic rings. The standard InChI is InChI=1S/C32H33N7O/c1-22(2)20-39(21-25-9-5-4-6-10-25)30-19-26(33-31(40)17-24-15-13-23(3)14-16-24)18-29(34-30)27-11-7-8-12-28(27)32-35-37-38-36-32/h4-16,18-19,22H,17,20-21H2,1-3H3,(H,33,34,40)(H,35,36,37,38). The maximum Gasteiger partial charge on any atom is 0.228 e. The summed E-state index contributed by atoms with van der Waals surface area (Å²) < 4.78 is 0. The number of nitrogens with one attached hydrogen (secondary N) is 2. The fourth-order valence-electron chi connectivity index (χ4n) is 4.65. The lowest BCUT2D eigenvalue weighted by Crippen LogP contribution is -2.28. The van der Waals surface area contributed by atoms with Crippen LogP contribution in [-0.4, -0.2) is 38.1 Å². The second-order valence-corrected chi connectivity index (χ2v) is 10.4. The number of tetrazole rings is 1. The van der Waals surface area contributed by atoms with E-state index in [0.717, 1.165) is 40.3 Å². The molecule has 0 aliphatic heterocycles. The van der Waals surface area contributed by atoms with E-state index in [1.54, 1.807) is 0 Å². The number of H-pyrrole nitrogens is 1. The minimum atomic E-state index is -0.0851. The molecule has 0 aliphatic carbocycles. The molecule has 0 spiro atoms. The van der Waals surface area contributed by atoms with Crippen LogP contribution in [0.4, 0.5) is 11.5 Å². The van der Waals surface area contributed by atoms with Gasteiger partial charge in [0.1, 0.15) is 5.82 Å². The van der Waals surface area contributed by atoms with E-state index in [4.69, 9.17) is 4.98 Å². The first-order valence-corrected chi connectivity index (χ1v) is 13.4. The highest BCUT2D eigenvalue weighted by molar-refractivity contribution is 5.93. The predicted molar refractivity (Wildman–Crippen MR) is 159 cm³/mol. The van der Waals surface area contributed by atoms with E-state index >= 15 is 0 Å². The normalized spacial score (nSPS) is 11.0. The van der Waals surface area contributed by atoms with Gasteiger partial charge in [0.2, 0.25) is 5.91 Å². The van der Waals surface area contributed by atoms with E-state index in [0.29, 0.717) is 24.0 Å². The topological polar surface area (TPSA) is 99.7 Å². The van der Waals surface area contributed by atoms with Crippen LogP contribution in [0.3, 0.4) is 0 Å². The molecule has 0 atom stereocenters. The second-order valence-electron chi connectivity index (χ2n) is 10.4. The highest BCUT2D eigenvalue weighted by Gasteiger charge is 2.18. The molecule has 0 unspecified atom stereocenters. The van der Waals surface area contributed by atoms with Crippen molar-refractivity contribution >= 4 is 17.4 Å². The van der Waals surface area contributed by atoms with Gasteiger partial charge in [0.05, 0.1) is 12.1 Å². The van der Waals surface area contributed by atoms with Crippen molar-refractivity contribution in [2.75, 3.05) is 16.8 Å². The third-order valence-electron chi connectivity index (χ3n) is 6.51. The summed E-state index contributed by atoms with van der Waals surface area (Å²) in [5.41, 5.74) is 6.41. The number of pyridine rings is 1. The van der Waals surface area contributed by atoms with Crippen LogP contribution >= 0.6 is 0 Å². The number of hydrogen-bond donors (Lipinski definition) is 2. The van der Waals surface area contributed by atoms with Crippen molar-refractivity contribution in [1.82, 2.24) is 25.6 Å². The summed E-state index contributed by atoms with van der Waals surface area (Å²) in [4.78, 5) is 20.5. The number of carbonyl (C=O) groups excluding carboxylic acids is 1.